The molecule has 11 nitrogen and oxygen atoms in total. The Bertz CT molecular complexity index is 916. The number of carbonyl (C=O) groups is 1. The van der Waals surface area contributed by atoms with E-state index < -0.39 is 30.1 Å². The molecule has 4 atom stereocenters. The van der Waals surface area contributed by atoms with Crippen molar-refractivity contribution in [1.82, 2.24) is 20.7 Å². The molecule has 1 saturated carbocycles. The summed E-state index contributed by atoms with van der Waals surface area (Å²) in [6, 6.07) is 3.41. The zero-order chi connectivity index (χ0) is 23.5. The summed E-state index contributed by atoms with van der Waals surface area (Å²) in [5.41, 5.74) is 5.61. The van der Waals surface area contributed by atoms with Crippen molar-refractivity contribution in [2.45, 2.75) is 83.4 Å². The van der Waals surface area contributed by atoms with E-state index in [-0.39, 0.29) is 24.7 Å². The first kappa shape index (κ1) is 26.8. The van der Waals surface area contributed by atoms with Gasteiger partial charge in [-0.3, -0.25) is 0 Å². The van der Waals surface area contributed by atoms with Gasteiger partial charge < -0.3 is 36.3 Å². The minimum Gasteiger partial charge on any atom is -0.431 e. The highest BCUT2D eigenvalue weighted by Gasteiger charge is 2.53. The average Bonchev–Trinajstić information content (AvgIpc) is 3.32. The lowest BCUT2D eigenvalue weighted by Crippen LogP contribution is -2.45. The molecule has 2 aromatic rings. The van der Waals surface area contributed by atoms with Gasteiger partial charge in [0.1, 0.15) is 48.5 Å². The SMILES string of the molecule is CC.CC1CCC(OC(=O)OC[C@@]2(C)O[C@@H](c3ccc4c(N)ncnn34)[C@H](O)[C@@H]2O)CC1.N. The molecule has 0 aromatic carbocycles. The van der Waals surface area contributed by atoms with Gasteiger partial charge in [0.25, 0.3) is 0 Å². The van der Waals surface area contributed by atoms with Crippen molar-refractivity contribution in [1.29, 1.82) is 0 Å². The number of hydrogen-bond donors (Lipinski definition) is 4. The maximum atomic E-state index is 12.1. The number of nitrogens with two attached hydrogens (primary N) is 1. The fourth-order valence-electron chi connectivity index (χ4n) is 4.22. The number of hydrogen-bond acceptors (Lipinski definition) is 10. The minimum absolute atomic E-state index is 0. The van der Waals surface area contributed by atoms with Crippen LogP contribution in [0.1, 0.15) is 65.2 Å². The second kappa shape index (κ2) is 11.1. The third kappa shape index (κ3) is 5.55. The van der Waals surface area contributed by atoms with Gasteiger partial charge in [0.15, 0.2) is 5.82 Å². The van der Waals surface area contributed by atoms with Gasteiger partial charge in [-0.05, 0) is 50.7 Å². The number of ether oxygens (including phenoxy) is 3. The van der Waals surface area contributed by atoms with Crippen LogP contribution in [0.2, 0.25) is 0 Å². The van der Waals surface area contributed by atoms with E-state index in [2.05, 4.69) is 17.0 Å². The molecule has 1 saturated heterocycles. The van der Waals surface area contributed by atoms with Crippen molar-refractivity contribution in [3.05, 3.63) is 24.2 Å². The van der Waals surface area contributed by atoms with Gasteiger partial charge in [-0.15, -0.1) is 0 Å². The number of nitrogen functional groups attached to an aromatic ring is 1. The normalized spacial score (nSPS) is 31.3. The third-order valence-electron chi connectivity index (χ3n) is 6.16. The fraction of sp³-hybridized carbons (Fsp3) is 0.682. The Morgan fingerprint density at radius 1 is 1.27 bits per heavy atom. The molecule has 1 aliphatic heterocycles. The summed E-state index contributed by atoms with van der Waals surface area (Å²) in [6.45, 7) is 7.50. The van der Waals surface area contributed by atoms with Crippen molar-refractivity contribution in [2.24, 2.45) is 5.92 Å². The Kier molecular flexibility index (Phi) is 9.01. The second-order valence-electron chi connectivity index (χ2n) is 8.53. The molecular formula is C22H37N5O6. The zero-order valence-corrected chi connectivity index (χ0v) is 19.8. The van der Waals surface area contributed by atoms with Gasteiger partial charge in [0.2, 0.25) is 0 Å². The van der Waals surface area contributed by atoms with Crippen LogP contribution >= 0.6 is 0 Å². The Morgan fingerprint density at radius 2 is 1.94 bits per heavy atom. The molecule has 11 heteroatoms. The summed E-state index contributed by atoms with van der Waals surface area (Å²) in [6.07, 6.45) is 0.619. The van der Waals surface area contributed by atoms with Gasteiger partial charge in [0.05, 0.1) is 5.69 Å². The van der Waals surface area contributed by atoms with Gasteiger partial charge in [0, 0.05) is 0 Å². The number of aromatic nitrogens is 3. The van der Waals surface area contributed by atoms with Crippen molar-refractivity contribution < 1.29 is 29.2 Å². The number of anilines is 1. The molecule has 0 amide bonds. The molecule has 2 aromatic heterocycles. The lowest BCUT2D eigenvalue weighted by atomic mass is 9.89. The van der Waals surface area contributed by atoms with E-state index in [4.69, 9.17) is 19.9 Å². The van der Waals surface area contributed by atoms with E-state index in [0.717, 1.165) is 25.7 Å². The quantitative estimate of drug-likeness (QED) is 0.489. The number of carbonyl (C=O) groups excluding carboxylic acids is 1. The topological polar surface area (TPSA) is 176 Å². The summed E-state index contributed by atoms with van der Waals surface area (Å²) in [4.78, 5) is 16.1. The van der Waals surface area contributed by atoms with Crippen molar-refractivity contribution in [3.8, 4) is 0 Å². The summed E-state index contributed by atoms with van der Waals surface area (Å²) in [7, 11) is 0. The van der Waals surface area contributed by atoms with Crippen LogP contribution in [0.25, 0.3) is 5.52 Å². The van der Waals surface area contributed by atoms with Crippen LogP contribution in [0.5, 0.6) is 0 Å². The largest absolute Gasteiger partial charge is 0.508 e. The summed E-state index contributed by atoms with van der Waals surface area (Å²) < 4.78 is 18.1. The van der Waals surface area contributed by atoms with Gasteiger partial charge >= 0.3 is 6.16 Å². The second-order valence-corrected chi connectivity index (χ2v) is 8.53. The lowest BCUT2D eigenvalue weighted by Gasteiger charge is -2.28. The first-order chi connectivity index (χ1) is 15.3. The van der Waals surface area contributed by atoms with E-state index in [1.807, 2.05) is 13.8 Å². The molecule has 2 fully saturated rings. The van der Waals surface area contributed by atoms with Crippen molar-refractivity contribution in [2.75, 3.05) is 12.3 Å². The molecule has 1 aliphatic carbocycles. The molecule has 0 bridgehead atoms. The highest BCUT2D eigenvalue weighted by molar-refractivity contribution is 5.65. The van der Waals surface area contributed by atoms with E-state index >= 15 is 0 Å². The summed E-state index contributed by atoms with van der Waals surface area (Å²) >= 11 is 0. The smallest absolute Gasteiger partial charge is 0.431 e. The Balaban J connectivity index is 0.00000125. The summed E-state index contributed by atoms with van der Waals surface area (Å²) in [5.74, 6) is 0.932. The molecule has 2 aliphatic rings. The highest BCUT2D eigenvalue weighted by Crippen LogP contribution is 2.40. The van der Waals surface area contributed by atoms with Crippen LogP contribution in [0.4, 0.5) is 10.6 Å². The number of rotatable bonds is 4. The third-order valence-corrected chi connectivity index (χ3v) is 6.16. The Hall–Kier alpha value is -2.47. The van der Waals surface area contributed by atoms with Crippen LogP contribution in [-0.2, 0) is 14.2 Å². The summed E-state index contributed by atoms with van der Waals surface area (Å²) in [5, 5.41) is 25.4. The highest BCUT2D eigenvalue weighted by atomic mass is 16.7. The van der Waals surface area contributed by atoms with Gasteiger partial charge in [-0.2, -0.15) is 5.10 Å². The van der Waals surface area contributed by atoms with Crippen LogP contribution in [0, 0.1) is 5.92 Å². The standard InChI is InChI=1S/C20H28N4O6.C2H6.H3N/c1-11-3-5-12(6-4-11)29-19(27)28-9-20(2)17(26)15(25)16(30-20)13-7-8-14-18(21)22-10-23-24(13)14;1-2;/h7-8,10-12,15-17,25-26H,3-6,9H2,1-2H3,(H2,21,22,23);1-2H3;1H3/t11?,12?,15-,16-,17-,20+;;/m0../s1. The van der Waals surface area contributed by atoms with E-state index in [9.17, 15) is 15.0 Å². The molecule has 0 spiro atoms. The predicted octanol–water partition coefficient (Wildman–Crippen LogP) is 2.78. The van der Waals surface area contributed by atoms with Gasteiger partial charge in [-0.25, -0.2) is 14.3 Å². The Labute approximate surface area is 193 Å². The van der Waals surface area contributed by atoms with E-state index in [1.54, 1.807) is 19.1 Å². The van der Waals surface area contributed by atoms with Crippen molar-refractivity contribution in [3.63, 3.8) is 0 Å². The first-order valence-corrected chi connectivity index (χ1v) is 11.2. The van der Waals surface area contributed by atoms with Gasteiger partial charge in [-0.1, -0.05) is 20.8 Å². The van der Waals surface area contributed by atoms with Crippen LogP contribution < -0.4 is 11.9 Å². The van der Waals surface area contributed by atoms with Crippen LogP contribution in [0.3, 0.4) is 0 Å². The number of aliphatic hydroxyl groups excluding tert-OH is 2. The minimum atomic E-state index is -1.31. The van der Waals surface area contributed by atoms with Crippen LogP contribution in [0.15, 0.2) is 18.5 Å². The monoisotopic (exact) mass is 467 g/mol. The molecule has 4 rings (SSSR count). The maximum Gasteiger partial charge on any atom is 0.508 e. The maximum absolute atomic E-state index is 12.1. The van der Waals surface area contributed by atoms with E-state index in [1.165, 1.54) is 10.8 Å². The van der Waals surface area contributed by atoms with Crippen molar-refractivity contribution >= 4 is 17.5 Å². The lowest BCUT2D eigenvalue weighted by molar-refractivity contribution is -0.112. The molecule has 0 unspecified atom stereocenters. The van der Waals surface area contributed by atoms with E-state index in [0.29, 0.717) is 17.1 Å². The number of aliphatic hydroxyl groups is 2. The molecule has 3 heterocycles. The molecule has 7 N–H and O–H groups in total. The number of fused-ring (bicyclic) bond motifs is 1. The van der Waals surface area contributed by atoms with Crippen LogP contribution in [-0.4, -0.2) is 61.5 Å². The zero-order valence-electron chi connectivity index (χ0n) is 19.8. The molecule has 0 radical (unpaired) electrons. The molecular weight excluding hydrogens is 430 g/mol. The fourth-order valence-corrected chi connectivity index (χ4v) is 4.22. The molecule has 33 heavy (non-hydrogen) atoms. The first-order valence-electron chi connectivity index (χ1n) is 11.2. The number of nitrogens with zero attached hydrogens (tertiary/aromatic N) is 3. The Morgan fingerprint density at radius 3 is 2.61 bits per heavy atom. The molecule has 186 valence electrons. The average molecular weight is 468 g/mol. The predicted molar refractivity (Wildman–Crippen MR) is 122 cm³/mol.